The quantitative estimate of drug-likeness (QED) is 0.930. The number of nitriles is 1. The molecule has 0 bridgehead atoms. The fourth-order valence-corrected chi connectivity index (χ4v) is 2.67. The summed E-state index contributed by atoms with van der Waals surface area (Å²) >= 11 is 5.91. The summed E-state index contributed by atoms with van der Waals surface area (Å²) in [6.45, 7) is 1.49. The third kappa shape index (κ3) is 3.72. The molecule has 0 unspecified atom stereocenters. The van der Waals surface area contributed by atoms with E-state index in [0.717, 1.165) is 13.1 Å². The molecule has 0 atom stereocenters. The highest BCUT2D eigenvalue weighted by atomic mass is 35.5. The number of hydrogen-bond acceptors (Lipinski definition) is 3. The molecule has 0 aliphatic carbocycles. The first kappa shape index (κ1) is 15.7. The Morgan fingerprint density at radius 1 is 1.52 bits per heavy atom. The summed E-state index contributed by atoms with van der Waals surface area (Å²) in [6.07, 6.45) is 0.970. The van der Waals surface area contributed by atoms with Crippen molar-refractivity contribution < 1.29 is 9.18 Å². The van der Waals surface area contributed by atoms with E-state index in [0.29, 0.717) is 12.8 Å². The van der Waals surface area contributed by atoms with Gasteiger partial charge in [-0.15, -0.1) is 0 Å². The second-order valence-corrected chi connectivity index (χ2v) is 5.83. The molecule has 0 aromatic heterocycles. The van der Waals surface area contributed by atoms with Crippen molar-refractivity contribution in [2.45, 2.75) is 24.8 Å². The van der Waals surface area contributed by atoms with Crippen LogP contribution in [-0.4, -0.2) is 36.5 Å². The maximum absolute atomic E-state index is 13.7. The first-order valence-electron chi connectivity index (χ1n) is 6.79. The lowest BCUT2D eigenvalue weighted by Crippen LogP contribution is -2.54. The molecule has 1 aromatic carbocycles. The molecule has 1 amide bonds. The van der Waals surface area contributed by atoms with Crippen molar-refractivity contribution in [3.05, 3.63) is 34.6 Å². The fourth-order valence-electron chi connectivity index (χ4n) is 2.44. The summed E-state index contributed by atoms with van der Waals surface area (Å²) in [7, 11) is 1.97. The number of amides is 1. The normalized spacial score (nSPS) is 18.0. The van der Waals surface area contributed by atoms with E-state index in [1.807, 2.05) is 7.05 Å². The number of carbonyl (C=O) groups excluding carboxylic acids is 1. The Hall–Kier alpha value is -1.64. The highest BCUT2D eigenvalue weighted by molar-refractivity contribution is 6.31. The number of carbonyl (C=O) groups is 1. The van der Waals surface area contributed by atoms with Crippen molar-refractivity contribution >= 4 is 17.5 Å². The standard InChI is InChI=1S/C15H17ClFN3O/c1-20-7-5-15(10-18,6-8-20)19-14(21)9-11-12(16)3-2-4-13(11)17/h2-4H,5-9H2,1H3,(H,19,21). The summed E-state index contributed by atoms with van der Waals surface area (Å²) in [5.41, 5.74) is -0.695. The van der Waals surface area contributed by atoms with Crippen LogP contribution in [0.15, 0.2) is 18.2 Å². The van der Waals surface area contributed by atoms with E-state index in [2.05, 4.69) is 16.3 Å². The third-order valence-electron chi connectivity index (χ3n) is 3.83. The minimum absolute atomic E-state index is 0.162. The number of rotatable bonds is 3. The number of piperidine rings is 1. The maximum atomic E-state index is 13.7. The Labute approximate surface area is 128 Å². The van der Waals surface area contributed by atoms with Gasteiger partial charge in [0.25, 0.3) is 0 Å². The van der Waals surface area contributed by atoms with E-state index < -0.39 is 11.4 Å². The number of nitrogens with one attached hydrogen (secondary N) is 1. The number of halogens is 2. The van der Waals surface area contributed by atoms with Crippen LogP contribution in [0.1, 0.15) is 18.4 Å². The minimum atomic E-state index is -0.860. The number of likely N-dealkylation sites (tertiary alicyclic amines) is 1. The van der Waals surface area contributed by atoms with Gasteiger partial charge in [-0.3, -0.25) is 4.79 Å². The number of nitrogens with zero attached hydrogens (tertiary/aromatic N) is 2. The van der Waals surface area contributed by atoms with Gasteiger partial charge in [-0.25, -0.2) is 4.39 Å². The molecule has 1 heterocycles. The van der Waals surface area contributed by atoms with E-state index in [-0.39, 0.29) is 22.9 Å². The van der Waals surface area contributed by atoms with Crippen molar-refractivity contribution in [2.24, 2.45) is 0 Å². The van der Waals surface area contributed by atoms with Crippen LogP contribution in [0, 0.1) is 17.1 Å². The average Bonchev–Trinajstić information content (AvgIpc) is 2.46. The van der Waals surface area contributed by atoms with E-state index in [1.165, 1.54) is 12.1 Å². The Balaban J connectivity index is 2.06. The van der Waals surface area contributed by atoms with Crippen LogP contribution in [0.4, 0.5) is 4.39 Å². The fraction of sp³-hybridized carbons (Fsp3) is 0.467. The van der Waals surface area contributed by atoms with Crippen LogP contribution < -0.4 is 5.32 Å². The van der Waals surface area contributed by atoms with Gasteiger partial charge in [0.2, 0.25) is 5.91 Å². The van der Waals surface area contributed by atoms with Gasteiger partial charge >= 0.3 is 0 Å². The van der Waals surface area contributed by atoms with Crippen molar-refractivity contribution in [3.8, 4) is 6.07 Å². The van der Waals surface area contributed by atoms with Crippen LogP contribution in [0.5, 0.6) is 0 Å². The average molecular weight is 310 g/mol. The number of hydrogen-bond donors (Lipinski definition) is 1. The van der Waals surface area contributed by atoms with Gasteiger partial charge in [-0.2, -0.15) is 5.26 Å². The molecule has 4 nitrogen and oxygen atoms in total. The zero-order valence-electron chi connectivity index (χ0n) is 11.8. The molecule has 0 saturated carbocycles. The van der Waals surface area contributed by atoms with Crippen LogP contribution in [0.3, 0.4) is 0 Å². The lowest BCUT2D eigenvalue weighted by molar-refractivity contribution is -0.122. The van der Waals surface area contributed by atoms with Gasteiger partial charge < -0.3 is 10.2 Å². The smallest absolute Gasteiger partial charge is 0.225 e. The first-order valence-corrected chi connectivity index (χ1v) is 7.17. The lowest BCUT2D eigenvalue weighted by atomic mass is 9.89. The summed E-state index contributed by atoms with van der Waals surface area (Å²) in [5, 5.41) is 12.3. The van der Waals surface area contributed by atoms with Gasteiger partial charge in [0.15, 0.2) is 0 Å². The molecule has 0 spiro atoms. The maximum Gasteiger partial charge on any atom is 0.225 e. The molecule has 1 N–H and O–H groups in total. The van der Waals surface area contributed by atoms with Gasteiger partial charge in [0.1, 0.15) is 11.4 Å². The molecule has 1 aliphatic rings. The molecule has 21 heavy (non-hydrogen) atoms. The largest absolute Gasteiger partial charge is 0.337 e. The molecule has 2 rings (SSSR count). The monoisotopic (exact) mass is 309 g/mol. The molecule has 6 heteroatoms. The molecular weight excluding hydrogens is 293 g/mol. The highest BCUT2D eigenvalue weighted by Crippen LogP contribution is 2.23. The Morgan fingerprint density at radius 2 is 2.19 bits per heavy atom. The predicted octanol–water partition coefficient (Wildman–Crippen LogP) is 2.13. The highest BCUT2D eigenvalue weighted by Gasteiger charge is 2.35. The van der Waals surface area contributed by atoms with Gasteiger partial charge in [-0.05, 0) is 32.0 Å². The van der Waals surface area contributed by atoms with Crippen LogP contribution in [0.2, 0.25) is 5.02 Å². The number of benzene rings is 1. The summed E-state index contributed by atoms with van der Waals surface area (Å²) in [6, 6.07) is 6.50. The predicted molar refractivity (Wildman–Crippen MR) is 78.3 cm³/mol. The zero-order chi connectivity index (χ0) is 15.5. The minimum Gasteiger partial charge on any atom is -0.337 e. The molecule has 112 valence electrons. The van der Waals surface area contributed by atoms with Crippen molar-refractivity contribution in [1.29, 1.82) is 5.26 Å². The Bertz CT molecular complexity index is 557. The summed E-state index contributed by atoms with van der Waals surface area (Å²) in [5.74, 6) is -0.889. The molecule has 1 saturated heterocycles. The lowest BCUT2D eigenvalue weighted by Gasteiger charge is -2.36. The van der Waals surface area contributed by atoms with Crippen molar-refractivity contribution in [2.75, 3.05) is 20.1 Å². The second-order valence-electron chi connectivity index (χ2n) is 5.42. The summed E-state index contributed by atoms with van der Waals surface area (Å²) < 4.78 is 13.7. The van der Waals surface area contributed by atoms with Gasteiger partial charge in [0, 0.05) is 23.7 Å². The van der Waals surface area contributed by atoms with Crippen molar-refractivity contribution in [3.63, 3.8) is 0 Å². The van der Waals surface area contributed by atoms with Crippen molar-refractivity contribution in [1.82, 2.24) is 10.2 Å². The van der Waals surface area contributed by atoms with Crippen LogP contribution in [0.25, 0.3) is 0 Å². The molecule has 1 aliphatic heterocycles. The van der Waals surface area contributed by atoms with E-state index in [4.69, 9.17) is 11.6 Å². The van der Waals surface area contributed by atoms with Crippen LogP contribution in [-0.2, 0) is 11.2 Å². The van der Waals surface area contributed by atoms with E-state index >= 15 is 0 Å². The van der Waals surface area contributed by atoms with Crippen LogP contribution >= 0.6 is 11.6 Å². The molecule has 1 aromatic rings. The van der Waals surface area contributed by atoms with E-state index in [1.54, 1.807) is 6.07 Å². The Morgan fingerprint density at radius 3 is 2.76 bits per heavy atom. The van der Waals surface area contributed by atoms with E-state index in [9.17, 15) is 14.4 Å². The molecule has 1 fully saturated rings. The topological polar surface area (TPSA) is 56.1 Å². The van der Waals surface area contributed by atoms with Gasteiger partial charge in [0.05, 0.1) is 12.5 Å². The second kappa shape index (κ2) is 6.42. The SMILES string of the molecule is CN1CCC(C#N)(NC(=O)Cc2c(F)cccc2Cl)CC1. The summed E-state index contributed by atoms with van der Waals surface area (Å²) in [4.78, 5) is 14.2. The first-order chi connectivity index (χ1) is 9.96. The van der Waals surface area contributed by atoms with Gasteiger partial charge in [-0.1, -0.05) is 17.7 Å². The Kier molecular flexibility index (Phi) is 4.81. The third-order valence-corrected chi connectivity index (χ3v) is 4.19. The molecule has 0 radical (unpaired) electrons. The zero-order valence-corrected chi connectivity index (χ0v) is 12.6. The molecular formula is C15H17ClFN3O.